The number of benzene rings is 2. The van der Waals surface area contributed by atoms with Crippen molar-refractivity contribution in [2.75, 3.05) is 12.5 Å². The molecule has 0 aliphatic carbocycles. The van der Waals surface area contributed by atoms with E-state index in [-0.39, 0.29) is 6.10 Å². The first-order chi connectivity index (χ1) is 10.6. The summed E-state index contributed by atoms with van der Waals surface area (Å²) in [5.41, 5.74) is 4.61. The quantitative estimate of drug-likeness (QED) is 0.626. The molecule has 5 heteroatoms. The Balaban J connectivity index is 2.26. The average molecular weight is 319 g/mol. The molecular weight excluding hydrogens is 300 g/mol. The van der Waals surface area contributed by atoms with Gasteiger partial charge in [-0.1, -0.05) is 29.8 Å². The third-order valence-electron chi connectivity index (χ3n) is 2.79. The second kappa shape index (κ2) is 7.71. The van der Waals surface area contributed by atoms with Crippen LogP contribution in [-0.4, -0.2) is 19.4 Å². The molecular formula is C17H19ClN2O2. The van der Waals surface area contributed by atoms with Crippen molar-refractivity contribution in [2.24, 2.45) is 5.10 Å². The summed E-state index contributed by atoms with van der Waals surface area (Å²) >= 11 is 6.12. The van der Waals surface area contributed by atoms with Crippen molar-refractivity contribution in [2.45, 2.75) is 20.0 Å². The molecule has 0 saturated heterocycles. The number of halogens is 1. The third-order valence-corrected chi connectivity index (χ3v) is 3.01. The molecule has 0 heterocycles. The van der Waals surface area contributed by atoms with Gasteiger partial charge in [0.2, 0.25) is 0 Å². The van der Waals surface area contributed by atoms with Gasteiger partial charge in [0.1, 0.15) is 0 Å². The van der Waals surface area contributed by atoms with E-state index in [1.807, 2.05) is 44.2 Å². The Kier molecular flexibility index (Phi) is 5.67. The fourth-order valence-corrected chi connectivity index (χ4v) is 2.10. The van der Waals surface area contributed by atoms with Gasteiger partial charge in [0, 0.05) is 16.7 Å². The number of rotatable bonds is 6. The fraction of sp³-hybridized carbons (Fsp3) is 0.235. The third kappa shape index (κ3) is 4.40. The lowest BCUT2D eigenvalue weighted by Gasteiger charge is -2.16. The number of nitrogens with zero attached hydrogens (tertiary/aromatic N) is 1. The highest BCUT2D eigenvalue weighted by atomic mass is 35.5. The smallest absolute Gasteiger partial charge is 0.170 e. The van der Waals surface area contributed by atoms with E-state index >= 15 is 0 Å². The molecule has 0 radical (unpaired) electrons. The van der Waals surface area contributed by atoms with Crippen molar-refractivity contribution in [1.29, 1.82) is 0 Å². The molecule has 0 fully saturated rings. The molecule has 0 atom stereocenters. The number of hydrogen-bond donors (Lipinski definition) is 1. The van der Waals surface area contributed by atoms with E-state index in [1.54, 1.807) is 25.5 Å². The predicted octanol–water partition coefficient (Wildman–Crippen LogP) is 4.58. The molecule has 1 N–H and O–H groups in total. The predicted molar refractivity (Wildman–Crippen MR) is 91.4 cm³/mol. The summed E-state index contributed by atoms with van der Waals surface area (Å²) in [5, 5.41) is 4.79. The van der Waals surface area contributed by atoms with Crippen LogP contribution < -0.4 is 14.9 Å². The van der Waals surface area contributed by atoms with Gasteiger partial charge in [-0.3, -0.25) is 5.43 Å². The van der Waals surface area contributed by atoms with E-state index in [0.717, 1.165) is 11.3 Å². The van der Waals surface area contributed by atoms with Crippen LogP contribution in [-0.2, 0) is 0 Å². The highest BCUT2D eigenvalue weighted by Crippen LogP contribution is 2.34. The van der Waals surface area contributed by atoms with E-state index in [4.69, 9.17) is 21.1 Å². The first kappa shape index (κ1) is 16.2. The van der Waals surface area contributed by atoms with Crippen molar-refractivity contribution >= 4 is 23.5 Å². The van der Waals surface area contributed by atoms with Gasteiger partial charge in [-0.15, -0.1) is 0 Å². The Labute approximate surface area is 135 Å². The van der Waals surface area contributed by atoms with E-state index in [0.29, 0.717) is 16.5 Å². The molecule has 116 valence electrons. The van der Waals surface area contributed by atoms with Gasteiger partial charge >= 0.3 is 0 Å². The topological polar surface area (TPSA) is 42.8 Å². The second-order valence-corrected chi connectivity index (χ2v) is 5.37. The minimum atomic E-state index is 0.0179. The Bertz CT molecular complexity index is 643. The number of hydrogen-bond acceptors (Lipinski definition) is 4. The van der Waals surface area contributed by atoms with Crippen molar-refractivity contribution < 1.29 is 9.47 Å². The lowest BCUT2D eigenvalue weighted by atomic mass is 10.2. The maximum atomic E-state index is 6.12. The zero-order valence-electron chi connectivity index (χ0n) is 12.8. The Morgan fingerprint density at radius 1 is 1.18 bits per heavy atom. The molecule has 0 saturated carbocycles. The van der Waals surface area contributed by atoms with Crippen LogP contribution >= 0.6 is 11.6 Å². The van der Waals surface area contributed by atoms with Crippen LogP contribution in [0, 0.1) is 0 Å². The molecule has 22 heavy (non-hydrogen) atoms. The monoisotopic (exact) mass is 318 g/mol. The van der Waals surface area contributed by atoms with Crippen molar-refractivity contribution in [3.05, 3.63) is 53.1 Å². The maximum absolute atomic E-state index is 6.12. The summed E-state index contributed by atoms with van der Waals surface area (Å²) in [6.45, 7) is 3.91. The molecule has 0 spiro atoms. The van der Waals surface area contributed by atoms with Crippen molar-refractivity contribution in [3.8, 4) is 11.5 Å². The average Bonchev–Trinajstić information content (AvgIpc) is 2.50. The Morgan fingerprint density at radius 3 is 2.55 bits per heavy atom. The Hall–Kier alpha value is -2.20. The van der Waals surface area contributed by atoms with E-state index in [1.165, 1.54) is 0 Å². The van der Waals surface area contributed by atoms with Crippen LogP contribution in [0.25, 0.3) is 0 Å². The summed E-state index contributed by atoms with van der Waals surface area (Å²) in [7, 11) is 1.59. The summed E-state index contributed by atoms with van der Waals surface area (Å²) in [6.07, 6.45) is 1.68. The van der Waals surface area contributed by atoms with Gasteiger partial charge in [-0.2, -0.15) is 5.10 Å². The van der Waals surface area contributed by atoms with Crippen LogP contribution in [0.5, 0.6) is 11.5 Å². The van der Waals surface area contributed by atoms with E-state index < -0.39 is 0 Å². The summed E-state index contributed by atoms with van der Waals surface area (Å²) in [4.78, 5) is 0. The zero-order chi connectivity index (χ0) is 15.9. The summed E-state index contributed by atoms with van der Waals surface area (Å²) in [5.74, 6) is 1.21. The van der Waals surface area contributed by atoms with Crippen molar-refractivity contribution in [1.82, 2.24) is 0 Å². The van der Waals surface area contributed by atoms with Crippen molar-refractivity contribution in [3.63, 3.8) is 0 Å². The van der Waals surface area contributed by atoms with Crippen LogP contribution in [0.4, 0.5) is 5.69 Å². The van der Waals surface area contributed by atoms with Crippen LogP contribution in [0.15, 0.2) is 47.6 Å². The number of methoxy groups -OCH3 is 1. The molecule has 0 aliphatic rings. The molecule has 2 aromatic carbocycles. The molecule has 0 aromatic heterocycles. The first-order valence-corrected chi connectivity index (χ1v) is 7.36. The van der Waals surface area contributed by atoms with E-state index in [9.17, 15) is 0 Å². The lowest BCUT2D eigenvalue weighted by Crippen LogP contribution is -2.09. The second-order valence-electron chi connectivity index (χ2n) is 4.93. The Morgan fingerprint density at radius 2 is 1.91 bits per heavy atom. The molecule has 0 aliphatic heterocycles. The molecule has 2 rings (SSSR count). The van der Waals surface area contributed by atoms with Crippen LogP contribution in [0.1, 0.15) is 19.4 Å². The maximum Gasteiger partial charge on any atom is 0.170 e. The van der Waals surface area contributed by atoms with Gasteiger partial charge in [0.15, 0.2) is 11.5 Å². The minimum absolute atomic E-state index is 0.0179. The summed E-state index contributed by atoms with van der Waals surface area (Å²) < 4.78 is 11.2. The standard InChI is InChI=1S/C17H19ClN2O2/c1-12(2)22-17-13(9-14(18)10-16(17)21-3)11-19-20-15-7-5-4-6-8-15/h4-12,20H,1-3H3. The largest absolute Gasteiger partial charge is 0.493 e. The lowest BCUT2D eigenvalue weighted by molar-refractivity contribution is 0.230. The number of nitrogens with one attached hydrogen (secondary N) is 1. The highest BCUT2D eigenvalue weighted by Gasteiger charge is 2.13. The molecule has 0 unspecified atom stereocenters. The fourth-order valence-electron chi connectivity index (χ4n) is 1.89. The summed E-state index contributed by atoms with van der Waals surface area (Å²) in [6, 6.07) is 13.2. The normalized spacial score (nSPS) is 11.0. The SMILES string of the molecule is COc1cc(Cl)cc(C=NNc2ccccc2)c1OC(C)C. The van der Waals surface area contributed by atoms with Gasteiger partial charge in [-0.25, -0.2) is 0 Å². The van der Waals surface area contributed by atoms with E-state index in [2.05, 4.69) is 10.5 Å². The number of para-hydroxylation sites is 1. The highest BCUT2D eigenvalue weighted by molar-refractivity contribution is 6.31. The molecule has 4 nitrogen and oxygen atoms in total. The number of anilines is 1. The molecule has 2 aromatic rings. The van der Waals surface area contributed by atoms with Gasteiger partial charge in [-0.05, 0) is 32.0 Å². The first-order valence-electron chi connectivity index (χ1n) is 6.98. The molecule has 0 bridgehead atoms. The van der Waals surface area contributed by atoms with Crippen LogP contribution in [0.3, 0.4) is 0 Å². The van der Waals surface area contributed by atoms with Crippen LogP contribution in [0.2, 0.25) is 5.02 Å². The van der Waals surface area contributed by atoms with Gasteiger partial charge in [0.05, 0.1) is 25.1 Å². The van der Waals surface area contributed by atoms with Gasteiger partial charge in [0.25, 0.3) is 0 Å². The zero-order valence-corrected chi connectivity index (χ0v) is 13.6. The number of hydrazone groups is 1. The molecule has 0 amide bonds. The number of ether oxygens (including phenoxy) is 2. The minimum Gasteiger partial charge on any atom is -0.493 e. The van der Waals surface area contributed by atoms with Gasteiger partial charge < -0.3 is 9.47 Å².